The molecule has 3 rings (SSSR count). The second kappa shape index (κ2) is 8.07. The lowest BCUT2D eigenvalue weighted by atomic mass is 9.96. The van der Waals surface area contributed by atoms with E-state index >= 15 is 0 Å². The highest BCUT2D eigenvalue weighted by Gasteiger charge is 2.30. The van der Waals surface area contributed by atoms with Gasteiger partial charge in [-0.05, 0) is 49.6 Å². The highest BCUT2D eigenvalue weighted by Crippen LogP contribution is 2.23. The van der Waals surface area contributed by atoms with E-state index in [1.807, 2.05) is 6.92 Å². The van der Waals surface area contributed by atoms with Crippen molar-refractivity contribution in [3.8, 4) is 0 Å². The molecule has 0 spiro atoms. The van der Waals surface area contributed by atoms with Crippen LogP contribution in [0.5, 0.6) is 0 Å². The molecular weight excluding hydrogens is 346 g/mol. The first-order chi connectivity index (χ1) is 13.0. The summed E-state index contributed by atoms with van der Waals surface area (Å²) in [5.41, 5.74) is 1.96. The van der Waals surface area contributed by atoms with Gasteiger partial charge in [0, 0.05) is 31.4 Å². The molecule has 3 amide bonds. The molecule has 2 aromatic rings. The van der Waals surface area contributed by atoms with Crippen LogP contribution in [0.2, 0.25) is 0 Å². The lowest BCUT2D eigenvalue weighted by Gasteiger charge is -2.31. The fourth-order valence-electron chi connectivity index (χ4n) is 3.21. The summed E-state index contributed by atoms with van der Waals surface area (Å²) in [5.74, 6) is -0.580. The van der Waals surface area contributed by atoms with Crippen molar-refractivity contribution in [2.45, 2.75) is 19.8 Å². The molecule has 142 valence electrons. The number of furan rings is 1. The van der Waals surface area contributed by atoms with Crippen molar-refractivity contribution in [3.05, 3.63) is 53.5 Å². The van der Waals surface area contributed by atoms with Gasteiger partial charge in [0.2, 0.25) is 5.91 Å². The van der Waals surface area contributed by atoms with Crippen LogP contribution in [0.3, 0.4) is 0 Å². The number of hydrogen-bond donors (Lipinski definition) is 2. The summed E-state index contributed by atoms with van der Waals surface area (Å²) in [6.45, 7) is 2.82. The van der Waals surface area contributed by atoms with Crippen LogP contribution in [0.4, 0.5) is 5.69 Å². The van der Waals surface area contributed by atoms with Gasteiger partial charge in [-0.1, -0.05) is 6.07 Å². The first kappa shape index (κ1) is 18.7. The van der Waals surface area contributed by atoms with Gasteiger partial charge in [-0.3, -0.25) is 14.4 Å². The molecule has 2 heterocycles. The summed E-state index contributed by atoms with van der Waals surface area (Å²) in [4.78, 5) is 38.7. The molecule has 7 nitrogen and oxygen atoms in total. The Morgan fingerprint density at radius 3 is 2.74 bits per heavy atom. The van der Waals surface area contributed by atoms with E-state index in [1.165, 1.54) is 6.26 Å². The van der Waals surface area contributed by atoms with Gasteiger partial charge in [0.15, 0.2) is 5.76 Å². The van der Waals surface area contributed by atoms with E-state index in [1.54, 1.807) is 42.3 Å². The minimum Gasteiger partial charge on any atom is -0.459 e. The van der Waals surface area contributed by atoms with Gasteiger partial charge >= 0.3 is 0 Å². The fourth-order valence-corrected chi connectivity index (χ4v) is 3.21. The number of piperidine rings is 1. The number of anilines is 1. The number of amides is 3. The topological polar surface area (TPSA) is 91.7 Å². The van der Waals surface area contributed by atoms with E-state index in [2.05, 4.69) is 10.6 Å². The van der Waals surface area contributed by atoms with Crippen LogP contribution in [0, 0.1) is 12.8 Å². The maximum absolute atomic E-state index is 12.8. The molecule has 1 aromatic heterocycles. The van der Waals surface area contributed by atoms with Crippen LogP contribution in [0.1, 0.15) is 39.3 Å². The normalized spacial score (nSPS) is 16.7. The third-order valence-corrected chi connectivity index (χ3v) is 4.80. The van der Waals surface area contributed by atoms with Crippen molar-refractivity contribution in [1.29, 1.82) is 0 Å². The van der Waals surface area contributed by atoms with E-state index in [9.17, 15) is 14.4 Å². The summed E-state index contributed by atoms with van der Waals surface area (Å²) < 4.78 is 5.17. The average Bonchev–Trinajstić information content (AvgIpc) is 3.23. The predicted octanol–water partition coefficient (Wildman–Crippen LogP) is 2.44. The number of carbonyl (C=O) groups excluding carboxylic acids is 3. The molecule has 0 saturated carbocycles. The maximum Gasteiger partial charge on any atom is 0.289 e. The first-order valence-electron chi connectivity index (χ1n) is 8.96. The van der Waals surface area contributed by atoms with E-state index in [0.29, 0.717) is 30.8 Å². The largest absolute Gasteiger partial charge is 0.459 e. The van der Waals surface area contributed by atoms with Crippen LogP contribution < -0.4 is 10.6 Å². The van der Waals surface area contributed by atoms with Crippen LogP contribution in [0.25, 0.3) is 0 Å². The van der Waals surface area contributed by atoms with Crippen LogP contribution in [0.15, 0.2) is 41.0 Å². The smallest absolute Gasteiger partial charge is 0.289 e. The molecule has 1 unspecified atom stereocenters. The minimum absolute atomic E-state index is 0.149. The van der Waals surface area contributed by atoms with Crippen LogP contribution >= 0.6 is 0 Å². The van der Waals surface area contributed by atoms with E-state index in [0.717, 1.165) is 12.0 Å². The number of benzene rings is 1. The molecule has 1 aromatic carbocycles. The van der Waals surface area contributed by atoms with Crippen molar-refractivity contribution in [2.75, 3.05) is 25.5 Å². The summed E-state index contributed by atoms with van der Waals surface area (Å²) in [7, 11) is 1.56. The molecular formula is C20H23N3O4. The standard InChI is InChI=1S/C20H23N3O4/c1-13-7-8-14(18(24)21-2)11-16(13)22-19(25)15-5-3-9-23(12-15)20(26)17-6-4-10-27-17/h4,6-8,10-11,15H,3,5,9,12H2,1-2H3,(H,21,24)(H,22,25). The Morgan fingerprint density at radius 2 is 2.04 bits per heavy atom. The number of nitrogens with zero attached hydrogens (tertiary/aromatic N) is 1. The molecule has 27 heavy (non-hydrogen) atoms. The maximum atomic E-state index is 12.8. The molecule has 1 fully saturated rings. The lowest BCUT2D eigenvalue weighted by Crippen LogP contribution is -2.43. The van der Waals surface area contributed by atoms with Gasteiger partial charge in [-0.15, -0.1) is 0 Å². The van der Waals surface area contributed by atoms with Gasteiger partial charge < -0.3 is 20.0 Å². The Hall–Kier alpha value is -3.09. The van der Waals surface area contributed by atoms with Crippen LogP contribution in [-0.4, -0.2) is 42.8 Å². The average molecular weight is 369 g/mol. The molecule has 7 heteroatoms. The van der Waals surface area contributed by atoms with Gasteiger partial charge in [0.25, 0.3) is 11.8 Å². The number of hydrogen-bond acceptors (Lipinski definition) is 4. The Kier molecular flexibility index (Phi) is 5.59. The highest BCUT2D eigenvalue weighted by molar-refractivity contribution is 5.98. The monoisotopic (exact) mass is 369 g/mol. The molecule has 1 aliphatic heterocycles. The highest BCUT2D eigenvalue weighted by atomic mass is 16.3. The quantitative estimate of drug-likeness (QED) is 0.866. The third-order valence-electron chi connectivity index (χ3n) is 4.80. The summed E-state index contributed by atoms with van der Waals surface area (Å²) in [5, 5.41) is 5.48. The van der Waals surface area contributed by atoms with Crippen molar-refractivity contribution >= 4 is 23.4 Å². The van der Waals surface area contributed by atoms with Crippen LogP contribution in [-0.2, 0) is 4.79 Å². The fraction of sp³-hybridized carbons (Fsp3) is 0.350. The predicted molar refractivity (Wildman–Crippen MR) is 101 cm³/mol. The number of carbonyl (C=O) groups is 3. The zero-order valence-electron chi connectivity index (χ0n) is 15.5. The molecule has 1 saturated heterocycles. The van der Waals surface area contributed by atoms with Gasteiger partial charge in [-0.25, -0.2) is 0 Å². The van der Waals surface area contributed by atoms with Crippen molar-refractivity contribution in [2.24, 2.45) is 5.92 Å². The first-order valence-corrected chi connectivity index (χ1v) is 8.96. The summed E-state index contributed by atoms with van der Waals surface area (Å²) >= 11 is 0. The van der Waals surface area contributed by atoms with E-state index < -0.39 is 0 Å². The number of likely N-dealkylation sites (tertiary alicyclic amines) is 1. The third kappa shape index (κ3) is 4.19. The minimum atomic E-state index is -0.305. The second-order valence-electron chi connectivity index (χ2n) is 6.67. The van der Waals surface area contributed by atoms with E-state index in [4.69, 9.17) is 4.42 Å². The zero-order chi connectivity index (χ0) is 19.4. The molecule has 2 N–H and O–H groups in total. The number of rotatable bonds is 4. The zero-order valence-corrected chi connectivity index (χ0v) is 15.5. The second-order valence-corrected chi connectivity index (χ2v) is 6.67. The van der Waals surface area contributed by atoms with Crippen molar-refractivity contribution in [1.82, 2.24) is 10.2 Å². The molecule has 1 atom stereocenters. The number of aryl methyl sites for hydroxylation is 1. The summed E-state index contributed by atoms with van der Waals surface area (Å²) in [6, 6.07) is 8.48. The Bertz CT molecular complexity index is 845. The van der Waals surface area contributed by atoms with Crippen molar-refractivity contribution < 1.29 is 18.8 Å². The molecule has 0 aliphatic carbocycles. The Balaban J connectivity index is 1.69. The Morgan fingerprint density at radius 1 is 1.22 bits per heavy atom. The molecule has 0 bridgehead atoms. The molecule has 0 radical (unpaired) electrons. The van der Waals surface area contributed by atoms with Gasteiger partial charge in [-0.2, -0.15) is 0 Å². The Labute approximate surface area is 157 Å². The number of nitrogens with one attached hydrogen (secondary N) is 2. The van der Waals surface area contributed by atoms with E-state index in [-0.39, 0.29) is 29.4 Å². The lowest BCUT2D eigenvalue weighted by molar-refractivity contribution is -0.121. The van der Waals surface area contributed by atoms with Gasteiger partial charge in [0.1, 0.15) is 0 Å². The molecule has 1 aliphatic rings. The SMILES string of the molecule is CNC(=O)c1ccc(C)c(NC(=O)C2CCCN(C(=O)c3ccco3)C2)c1. The van der Waals surface area contributed by atoms with Gasteiger partial charge in [0.05, 0.1) is 12.2 Å². The summed E-state index contributed by atoms with van der Waals surface area (Å²) in [6.07, 6.45) is 2.92. The van der Waals surface area contributed by atoms with Crippen molar-refractivity contribution in [3.63, 3.8) is 0 Å².